The van der Waals surface area contributed by atoms with Crippen molar-refractivity contribution in [2.75, 3.05) is 18.0 Å². The van der Waals surface area contributed by atoms with Crippen LogP contribution in [0.3, 0.4) is 0 Å². The van der Waals surface area contributed by atoms with E-state index in [9.17, 15) is 0 Å². The summed E-state index contributed by atoms with van der Waals surface area (Å²) in [6.45, 7) is 2.17. The minimum atomic E-state index is 0.477. The zero-order valence-corrected chi connectivity index (χ0v) is 15.3. The van der Waals surface area contributed by atoms with Crippen LogP contribution in [0.1, 0.15) is 24.1 Å². The van der Waals surface area contributed by atoms with E-state index < -0.39 is 0 Å². The molecule has 0 radical (unpaired) electrons. The summed E-state index contributed by atoms with van der Waals surface area (Å²) in [4.78, 5) is 9.49. The Hall–Kier alpha value is -1.84. The van der Waals surface area contributed by atoms with Crippen LogP contribution in [0.4, 0.5) is 5.13 Å². The van der Waals surface area contributed by atoms with Gasteiger partial charge in [0.25, 0.3) is 0 Å². The molecule has 1 saturated heterocycles. The Morgan fingerprint density at radius 2 is 2.17 bits per heavy atom. The SMILES string of the molecule is S=c1[nH]ncn1/N=C\c1sc(N2CCCCC2)nc1-c1cccs1. The maximum Gasteiger partial charge on any atom is 0.216 e. The lowest BCUT2D eigenvalue weighted by Gasteiger charge is -2.25. The molecule has 1 N–H and O–H groups in total. The van der Waals surface area contributed by atoms with Crippen LogP contribution >= 0.6 is 34.9 Å². The standard InChI is InChI=1S/C15H16N6S3/c22-14-19-16-10-21(14)17-9-12-13(11-5-4-8-23-11)18-15(24-12)20-6-2-1-3-7-20/h4-5,8-10H,1-3,6-7H2,(H,19,22)/b17-9-. The van der Waals surface area contributed by atoms with Crippen LogP contribution in [0.5, 0.6) is 0 Å². The van der Waals surface area contributed by atoms with Gasteiger partial charge < -0.3 is 4.90 Å². The van der Waals surface area contributed by atoms with E-state index in [1.165, 1.54) is 19.3 Å². The fourth-order valence-corrected chi connectivity index (χ4v) is 4.59. The first kappa shape index (κ1) is 15.7. The molecule has 0 amide bonds. The van der Waals surface area contributed by atoms with Gasteiger partial charge in [0.15, 0.2) is 5.13 Å². The van der Waals surface area contributed by atoms with Crippen molar-refractivity contribution in [3.63, 3.8) is 0 Å². The molecule has 124 valence electrons. The highest BCUT2D eigenvalue weighted by atomic mass is 32.1. The number of anilines is 1. The summed E-state index contributed by atoms with van der Waals surface area (Å²) in [6.07, 6.45) is 7.18. The van der Waals surface area contributed by atoms with E-state index in [1.807, 2.05) is 12.3 Å². The number of nitrogens with one attached hydrogen (secondary N) is 1. The second-order valence-electron chi connectivity index (χ2n) is 5.48. The number of piperidine rings is 1. The molecule has 24 heavy (non-hydrogen) atoms. The Morgan fingerprint density at radius 3 is 2.88 bits per heavy atom. The highest BCUT2D eigenvalue weighted by Gasteiger charge is 2.19. The van der Waals surface area contributed by atoms with Crippen molar-refractivity contribution in [1.29, 1.82) is 0 Å². The predicted octanol–water partition coefficient (Wildman–Crippen LogP) is 4.00. The van der Waals surface area contributed by atoms with E-state index in [0.717, 1.165) is 33.7 Å². The van der Waals surface area contributed by atoms with Crippen molar-refractivity contribution < 1.29 is 0 Å². The van der Waals surface area contributed by atoms with E-state index in [0.29, 0.717) is 4.77 Å². The Morgan fingerprint density at radius 1 is 1.29 bits per heavy atom. The summed E-state index contributed by atoms with van der Waals surface area (Å²) in [6, 6.07) is 4.15. The summed E-state index contributed by atoms with van der Waals surface area (Å²) in [5, 5.41) is 14.2. The molecule has 4 rings (SSSR count). The molecule has 4 heterocycles. The summed E-state index contributed by atoms with van der Waals surface area (Å²) < 4.78 is 2.03. The molecule has 1 fully saturated rings. The Kier molecular flexibility index (Phi) is 4.54. The number of hydrogen-bond acceptors (Lipinski definition) is 7. The van der Waals surface area contributed by atoms with Gasteiger partial charge in [-0.3, -0.25) is 5.10 Å². The average molecular weight is 377 g/mol. The minimum Gasteiger partial charge on any atom is -0.348 e. The van der Waals surface area contributed by atoms with Crippen LogP contribution in [0.15, 0.2) is 28.9 Å². The molecular weight excluding hydrogens is 360 g/mol. The van der Waals surface area contributed by atoms with E-state index in [2.05, 4.69) is 31.6 Å². The zero-order valence-electron chi connectivity index (χ0n) is 12.9. The van der Waals surface area contributed by atoms with Gasteiger partial charge >= 0.3 is 0 Å². The van der Waals surface area contributed by atoms with Crippen LogP contribution in [0.25, 0.3) is 10.6 Å². The summed E-state index contributed by atoms with van der Waals surface area (Å²) in [7, 11) is 0. The van der Waals surface area contributed by atoms with Crippen molar-refractivity contribution in [3.05, 3.63) is 33.5 Å². The van der Waals surface area contributed by atoms with Gasteiger partial charge in [-0.25, -0.2) is 4.98 Å². The van der Waals surface area contributed by atoms with Gasteiger partial charge in [-0.1, -0.05) is 17.4 Å². The maximum atomic E-state index is 5.13. The lowest BCUT2D eigenvalue weighted by atomic mass is 10.1. The van der Waals surface area contributed by atoms with Crippen LogP contribution in [-0.4, -0.2) is 39.2 Å². The molecule has 6 nitrogen and oxygen atoms in total. The van der Waals surface area contributed by atoms with Gasteiger partial charge in [0.05, 0.1) is 16.0 Å². The second kappa shape index (κ2) is 6.96. The zero-order chi connectivity index (χ0) is 16.4. The Balaban J connectivity index is 1.71. The monoisotopic (exact) mass is 376 g/mol. The lowest BCUT2D eigenvalue weighted by molar-refractivity contribution is 0.577. The number of H-pyrrole nitrogens is 1. The molecule has 0 unspecified atom stereocenters. The second-order valence-corrected chi connectivity index (χ2v) is 7.83. The summed E-state index contributed by atoms with van der Waals surface area (Å²) in [5.74, 6) is 0. The van der Waals surface area contributed by atoms with Crippen molar-refractivity contribution in [3.8, 4) is 10.6 Å². The number of aromatic nitrogens is 4. The van der Waals surface area contributed by atoms with E-state index >= 15 is 0 Å². The molecule has 0 spiro atoms. The minimum absolute atomic E-state index is 0.477. The molecule has 9 heteroatoms. The number of thiazole rings is 1. The summed E-state index contributed by atoms with van der Waals surface area (Å²) in [5.41, 5.74) is 0.995. The first-order valence-electron chi connectivity index (χ1n) is 7.77. The fourth-order valence-electron chi connectivity index (χ4n) is 2.66. The molecule has 0 saturated carbocycles. The van der Waals surface area contributed by atoms with Crippen molar-refractivity contribution in [2.24, 2.45) is 5.10 Å². The quantitative estimate of drug-likeness (QED) is 0.552. The third-order valence-corrected chi connectivity index (χ3v) is 6.06. The fraction of sp³-hybridized carbons (Fsp3) is 0.333. The molecule has 0 aliphatic carbocycles. The molecular formula is C15H16N6S3. The van der Waals surface area contributed by atoms with Crippen LogP contribution in [0, 0.1) is 4.77 Å². The molecule has 3 aromatic heterocycles. The molecule has 1 aliphatic heterocycles. The molecule has 0 atom stereocenters. The van der Waals surface area contributed by atoms with Crippen LogP contribution in [-0.2, 0) is 0 Å². The highest BCUT2D eigenvalue weighted by molar-refractivity contribution is 7.71. The van der Waals surface area contributed by atoms with Gasteiger partial charge in [-0.05, 0) is 42.9 Å². The molecule has 1 aliphatic rings. The largest absolute Gasteiger partial charge is 0.348 e. The van der Waals surface area contributed by atoms with E-state index in [4.69, 9.17) is 17.2 Å². The van der Waals surface area contributed by atoms with E-state index in [-0.39, 0.29) is 0 Å². The highest BCUT2D eigenvalue weighted by Crippen LogP contribution is 2.35. The van der Waals surface area contributed by atoms with Crippen molar-refractivity contribution in [1.82, 2.24) is 19.9 Å². The third-order valence-electron chi connectivity index (χ3n) is 3.86. The van der Waals surface area contributed by atoms with Gasteiger partial charge in [-0.15, -0.1) is 11.3 Å². The average Bonchev–Trinajstić information content (AvgIpc) is 3.34. The Labute approximate surface area is 152 Å². The van der Waals surface area contributed by atoms with E-state index in [1.54, 1.807) is 33.7 Å². The van der Waals surface area contributed by atoms with Gasteiger partial charge in [-0.2, -0.15) is 14.9 Å². The van der Waals surface area contributed by atoms with Crippen LogP contribution < -0.4 is 4.90 Å². The third kappa shape index (κ3) is 3.19. The smallest absolute Gasteiger partial charge is 0.216 e. The van der Waals surface area contributed by atoms with Gasteiger partial charge in [0, 0.05) is 13.1 Å². The number of hydrogen-bond donors (Lipinski definition) is 1. The van der Waals surface area contributed by atoms with Crippen molar-refractivity contribution in [2.45, 2.75) is 19.3 Å². The first-order chi connectivity index (χ1) is 11.8. The number of aromatic amines is 1. The molecule has 0 aromatic carbocycles. The maximum absolute atomic E-state index is 5.13. The number of rotatable bonds is 4. The van der Waals surface area contributed by atoms with Crippen molar-refractivity contribution >= 4 is 46.2 Å². The van der Waals surface area contributed by atoms with Crippen LogP contribution in [0.2, 0.25) is 0 Å². The Bertz CT molecular complexity index is 883. The van der Waals surface area contributed by atoms with Gasteiger partial charge in [0.2, 0.25) is 4.77 Å². The number of thiophene rings is 1. The molecule has 3 aromatic rings. The predicted molar refractivity (Wildman–Crippen MR) is 102 cm³/mol. The first-order valence-corrected chi connectivity index (χ1v) is 9.88. The summed E-state index contributed by atoms with van der Waals surface area (Å²) >= 11 is 8.51. The van der Waals surface area contributed by atoms with Gasteiger partial charge in [0.1, 0.15) is 12.0 Å². The lowest BCUT2D eigenvalue weighted by Crippen LogP contribution is -2.29. The molecule has 0 bridgehead atoms. The normalized spacial score (nSPS) is 15.4. The number of nitrogens with zero attached hydrogens (tertiary/aromatic N) is 5. The topological polar surface area (TPSA) is 62.1 Å².